The number of methoxy groups -OCH3 is 1. The van der Waals surface area contributed by atoms with E-state index in [1.165, 1.54) is 4.90 Å². The number of benzene rings is 3. The van der Waals surface area contributed by atoms with Gasteiger partial charge in [0, 0.05) is 17.8 Å². The third kappa shape index (κ3) is 5.59. The van der Waals surface area contributed by atoms with Crippen LogP contribution >= 0.6 is 11.8 Å². The van der Waals surface area contributed by atoms with Gasteiger partial charge in [-0.2, -0.15) is 0 Å². The van der Waals surface area contributed by atoms with E-state index in [1.54, 1.807) is 37.4 Å². The molecule has 3 aromatic carbocycles. The maximum Gasteiger partial charge on any atom is 0.259 e. The van der Waals surface area contributed by atoms with Crippen molar-refractivity contribution in [2.45, 2.75) is 19.0 Å². The van der Waals surface area contributed by atoms with Crippen molar-refractivity contribution in [1.82, 2.24) is 10.2 Å². The van der Waals surface area contributed by atoms with Crippen LogP contribution in [0.25, 0.3) is 0 Å². The van der Waals surface area contributed by atoms with Gasteiger partial charge >= 0.3 is 0 Å². The topological polar surface area (TPSA) is 131 Å². The fourth-order valence-electron chi connectivity index (χ4n) is 4.53. The number of hydrogen-bond donors (Lipinski definition) is 2. The average molecular weight is 572 g/mol. The zero-order valence-electron chi connectivity index (χ0n) is 22.0. The van der Waals surface area contributed by atoms with E-state index >= 15 is 0 Å². The summed E-state index contributed by atoms with van der Waals surface area (Å²) in [5.41, 5.74) is 2.80. The van der Waals surface area contributed by atoms with Crippen LogP contribution in [-0.4, -0.2) is 59.3 Å². The standard InChI is InChI=1S/C29H25N5O6S/c1-38-19-9-7-18(8-10-19)31-26(36)15-41-29-33-21-5-3-2-4-20(21)27-32-22(28(37)34(27)29)13-25(35)30-14-17-6-11-23-24(12-17)40-16-39-23/h2-12,22H,13-16H2,1H3,(H,30,35)(H,31,36)/t22-/m1/s1. The summed E-state index contributed by atoms with van der Waals surface area (Å²) in [5.74, 6) is 1.48. The van der Waals surface area contributed by atoms with Crippen LogP contribution in [0.1, 0.15) is 17.5 Å². The molecule has 0 unspecified atom stereocenters. The molecule has 3 aliphatic rings. The molecule has 3 amide bonds. The Labute approximate surface area is 239 Å². The number of hydrogen-bond acceptors (Lipinski definition) is 9. The Morgan fingerprint density at radius 1 is 1.05 bits per heavy atom. The molecular formula is C29H25N5O6S. The van der Waals surface area contributed by atoms with Crippen molar-refractivity contribution in [3.8, 4) is 17.2 Å². The van der Waals surface area contributed by atoms with Gasteiger partial charge in [-0.3, -0.25) is 19.4 Å². The van der Waals surface area contributed by atoms with Gasteiger partial charge in [-0.25, -0.2) is 9.89 Å². The lowest BCUT2D eigenvalue weighted by Crippen LogP contribution is -2.42. The molecule has 0 saturated carbocycles. The Hall–Kier alpha value is -4.84. The van der Waals surface area contributed by atoms with E-state index in [2.05, 4.69) is 20.6 Å². The minimum absolute atomic E-state index is 0.0186. The van der Waals surface area contributed by atoms with E-state index in [0.717, 1.165) is 17.3 Å². The smallest absolute Gasteiger partial charge is 0.259 e. The van der Waals surface area contributed by atoms with Gasteiger partial charge in [0.05, 0.1) is 25.0 Å². The minimum Gasteiger partial charge on any atom is -0.497 e. The fraction of sp³-hybridized carbons (Fsp3) is 0.207. The Balaban J connectivity index is 1.11. The SMILES string of the molecule is COc1ccc(NC(=O)CSC2=Nc3ccccc3C3=N[C@H](CC(=O)NCc4ccc5c(c4)OCO5)C(=O)N23)cc1. The number of carbonyl (C=O) groups excluding carboxylic acids is 3. The van der Waals surface area contributed by atoms with Gasteiger partial charge in [0.1, 0.15) is 17.6 Å². The Kier molecular flexibility index (Phi) is 7.30. The first-order valence-corrected chi connectivity index (χ1v) is 13.8. The summed E-state index contributed by atoms with van der Waals surface area (Å²) in [6.07, 6.45) is -0.124. The number of anilines is 1. The molecular weight excluding hydrogens is 546 g/mol. The predicted octanol–water partition coefficient (Wildman–Crippen LogP) is 3.46. The highest BCUT2D eigenvalue weighted by molar-refractivity contribution is 8.14. The molecule has 3 heterocycles. The minimum atomic E-state index is -0.910. The number of para-hydroxylation sites is 1. The normalized spacial score (nSPS) is 16.4. The molecule has 41 heavy (non-hydrogen) atoms. The largest absolute Gasteiger partial charge is 0.497 e. The zero-order chi connectivity index (χ0) is 28.3. The van der Waals surface area contributed by atoms with Gasteiger partial charge in [-0.15, -0.1) is 0 Å². The third-order valence-corrected chi connectivity index (χ3v) is 7.50. The molecule has 12 heteroatoms. The second kappa shape index (κ2) is 11.3. The molecule has 0 saturated heterocycles. The Bertz CT molecular complexity index is 1590. The molecule has 0 fully saturated rings. The lowest BCUT2D eigenvalue weighted by atomic mass is 10.1. The molecule has 1 atom stereocenters. The van der Waals surface area contributed by atoms with Gasteiger partial charge in [-0.05, 0) is 54.1 Å². The Morgan fingerprint density at radius 2 is 1.85 bits per heavy atom. The van der Waals surface area contributed by atoms with Crippen LogP contribution in [0.5, 0.6) is 17.2 Å². The van der Waals surface area contributed by atoms with Crippen molar-refractivity contribution in [2.75, 3.05) is 25.0 Å². The van der Waals surface area contributed by atoms with Gasteiger partial charge in [-0.1, -0.05) is 30.0 Å². The van der Waals surface area contributed by atoms with Gasteiger partial charge in [0.15, 0.2) is 16.7 Å². The van der Waals surface area contributed by atoms with E-state index in [4.69, 9.17) is 14.2 Å². The van der Waals surface area contributed by atoms with Crippen LogP contribution in [0.4, 0.5) is 11.4 Å². The Morgan fingerprint density at radius 3 is 2.68 bits per heavy atom. The third-order valence-electron chi connectivity index (χ3n) is 6.56. The second-order valence-corrected chi connectivity index (χ2v) is 10.2. The van der Waals surface area contributed by atoms with Gasteiger partial charge < -0.3 is 24.8 Å². The predicted molar refractivity (Wildman–Crippen MR) is 154 cm³/mol. The van der Waals surface area contributed by atoms with E-state index in [1.807, 2.05) is 36.4 Å². The van der Waals surface area contributed by atoms with Crippen LogP contribution in [0.15, 0.2) is 76.7 Å². The highest BCUT2D eigenvalue weighted by Gasteiger charge is 2.42. The molecule has 11 nitrogen and oxygen atoms in total. The molecule has 0 spiro atoms. The van der Waals surface area contributed by atoms with E-state index in [0.29, 0.717) is 45.2 Å². The number of thioether (sulfide) groups is 1. The molecule has 2 N–H and O–H groups in total. The highest BCUT2D eigenvalue weighted by atomic mass is 32.2. The maximum atomic E-state index is 13.5. The van der Waals surface area contributed by atoms with Gasteiger partial charge in [0.25, 0.3) is 5.91 Å². The number of amides is 3. The lowest BCUT2D eigenvalue weighted by Gasteiger charge is -2.25. The van der Waals surface area contributed by atoms with Crippen LogP contribution in [0.3, 0.4) is 0 Å². The van der Waals surface area contributed by atoms with Crippen LogP contribution < -0.4 is 24.8 Å². The zero-order valence-corrected chi connectivity index (χ0v) is 22.8. The van der Waals surface area contributed by atoms with Crippen LogP contribution in [-0.2, 0) is 20.9 Å². The first kappa shape index (κ1) is 26.4. The first-order valence-electron chi connectivity index (χ1n) is 12.8. The number of ether oxygens (including phenoxy) is 3. The fourth-order valence-corrected chi connectivity index (χ4v) is 5.33. The maximum absolute atomic E-state index is 13.5. The van der Waals surface area contributed by atoms with Crippen molar-refractivity contribution in [3.63, 3.8) is 0 Å². The molecule has 0 bridgehead atoms. The van der Waals surface area contributed by atoms with Crippen molar-refractivity contribution < 1.29 is 28.6 Å². The summed E-state index contributed by atoms with van der Waals surface area (Å²) in [5, 5.41) is 6.01. The number of nitrogens with one attached hydrogen (secondary N) is 2. The van der Waals surface area contributed by atoms with Crippen LogP contribution in [0.2, 0.25) is 0 Å². The van der Waals surface area contributed by atoms with E-state index in [9.17, 15) is 14.4 Å². The van der Waals surface area contributed by atoms with Crippen LogP contribution in [0, 0.1) is 0 Å². The quantitative estimate of drug-likeness (QED) is 0.423. The van der Waals surface area contributed by atoms with Crippen molar-refractivity contribution in [2.24, 2.45) is 9.98 Å². The number of aliphatic imine (C=N–C) groups is 2. The molecule has 0 radical (unpaired) electrons. The van der Waals surface area contributed by atoms with E-state index < -0.39 is 6.04 Å². The molecule has 0 aliphatic carbocycles. The number of rotatable bonds is 8. The summed E-state index contributed by atoms with van der Waals surface area (Å²) in [4.78, 5) is 49.6. The summed E-state index contributed by atoms with van der Waals surface area (Å²) in [6.45, 7) is 0.442. The number of amidine groups is 2. The summed E-state index contributed by atoms with van der Waals surface area (Å²) in [6, 6.07) is 18.9. The van der Waals surface area contributed by atoms with E-state index in [-0.39, 0.29) is 43.2 Å². The summed E-state index contributed by atoms with van der Waals surface area (Å²) >= 11 is 1.13. The summed E-state index contributed by atoms with van der Waals surface area (Å²) in [7, 11) is 1.57. The lowest BCUT2D eigenvalue weighted by molar-refractivity contribution is -0.128. The van der Waals surface area contributed by atoms with Crippen molar-refractivity contribution >= 4 is 51.9 Å². The molecule has 0 aromatic heterocycles. The highest BCUT2D eigenvalue weighted by Crippen LogP contribution is 2.35. The van der Waals surface area contributed by atoms with Crippen molar-refractivity contribution in [1.29, 1.82) is 0 Å². The monoisotopic (exact) mass is 571 g/mol. The molecule has 3 aromatic rings. The molecule has 208 valence electrons. The molecule has 3 aliphatic heterocycles. The number of carbonyl (C=O) groups is 3. The first-order chi connectivity index (χ1) is 20.0. The average Bonchev–Trinajstić information content (AvgIpc) is 3.59. The number of fused-ring (bicyclic) bond motifs is 4. The van der Waals surface area contributed by atoms with Crippen molar-refractivity contribution in [3.05, 3.63) is 77.9 Å². The summed E-state index contributed by atoms with van der Waals surface area (Å²) < 4.78 is 15.9. The molecule has 6 rings (SSSR count). The second-order valence-electron chi connectivity index (χ2n) is 9.29. The van der Waals surface area contributed by atoms with Gasteiger partial charge in [0.2, 0.25) is 18.6 Å². The number of nitrogens with zero attached hydrogens (tertiary/aromatic N) is 3.